The number of fused-ring (bicyclic) bond motifs is 1. The molecule has 2 aromatic rings. The van der Waals surface area contributed by atoms with Gasteiger partial charge in [0.1, 0.15) is 17.3 Å². The summed E-state index contributed by atoms with van der Waals surface area (Å²) in [5.41, 5.74) is 0.817. The van der Waals surface area contributed by atoms with E-state index in [4.69, 9.17) is 5.11 Å². The van der Waals surface area contributed by atoms with Crippen molar-refractivity contribution in [2.24, 2.45) is 0 Å². The third-order valence-electron chi connectivity index (χ3n) is 2.20. The van der Waals surface area contributed by atoms with Crippen LogP contribution >= 0.6 is 0 Å². The maximum absolute atomic E-state index is 8.87. The van der Waals surface area contributed by atoms with Crippen LogP contribution in [0.3, 0.4) is 0 Å². The fraction of sp³-hybridized carbons (Fsp3) is 0.400. The second-order valence-corrected chi connectivity index (χ2v) is 3.57. The molecular formula is C10H14N4O. The van der Waals surface area contributed by atoms with Gasteiger partial charge in [-0.25, -0.2) is 9.97 Å². The molecule has 0 spiro atoms. The molecule has 2 N–H and O–H groups in total. The summed E-state index contributed by atoms with van der Waals surface area (Å²) in [6.07, 6.45) is 2.32. The van der Waals surface area contributed by atoms with Crippen molar-refractivity contribution in [2.45, 2.75) is 6.42 Å². The number of aromatic amines is 1. The largest absolute Gasteiger partial charge is 0.396 e. The molecule has 0 unspecified atom stereocenters. The summed E-state index contributed by atoms with van der Waals surface area (Å²) < 4.78 is 0. The lowest BCUT2D eigenvalue weighted by Crippen LogP contribution is -2.13. The Kier molecular flexibility index (Phi) is 2.55. The molecule has 2 rings (SSSR count). The van der Waals surface area contributed by atoms with Crippen molar-refractivity contribution < 1.29 is 5.11 Å². The average molecular weight is 206 g/mol. The molecule has 15 heavy (non-hydrogen) atoms. The van der Waals surface area contributed by atoms with Gasteiger partial charge in [0.05, 0.1) is 12.0 Å². The Morgan fingerprint density at radius 1 is 1.40 bits per heavy atom. The molecule has 0 fully saturated rings. The van der Waals surface area contributed by atoms with E-state index in [1.54, 1.807) is 0 Å². The van der Waals surface area contributed by atoms with Crippen LogP contribution in [0.4, 0.5) is 5.82 Å². The van der Waals surface area contributed by atoms with E-state index < -0.39 is 0 Å². The second-order valence-electron chi connectivity index (χ2n) is 3.57. The van der Waals surface area contributed by atoms with Crippen molar-refractivity contribution in [2.75, 3.05) is 25.6 Å². The fourth-order valence-electron chi connectivity index (χ4n) is 1.52. The molecule has 0 amide bonds. The Labute approximate surface area is 87.8 Å². The maximum Gasteiger partial charge on any atom is 0.143 e. The van der Waals surface area contributed by atoms with E-state index in [0.717, 1.165) is 16.9 Å². The van der Waals surface area contributed by atoms with E-state index >= 15 is 0 Å². The SMILES string of the molecule is CN(C)c1nc(CCO)nc2[nH]ccc12. The lowest BCUT2D eigenvalue weighted by molar-refractivity contribution is 0.297. The number of aromatic nitrogens is 3. The summed E-state index contributed by atoms with van der Waals surface area (Å²) in [5, 5.41) is 9.87. The van der Waals surface area contributed by atoms with Crippen LogP contribution < -0.4 is 4.90 Å². The van der Waals surface area contributed by atoms with Gasteiger partial charge in [-0.2, -0.15) is 0 Å². The van der Waals surface area contributed by atoms with Crippen LogP contribution in [0.25, 0.3) is 11.0 Å². The molecule has 0 atom stereocenters. The van der Waals surface area contributed by atoms with Crippen LogP contribution in [0.15, 0.2) is 12.3 Å². The molecule has 0 saturated carbocycles. The molecule has 0 aromatic carbocycles. The molecular weight excluding hydrogens is 192 g/mol. The number of rotatable bonds is 3. The molecule has 5 heteroatoms. The third-order valence-corrected chi connectivity index (χ3v) is 2.20. The van der Waals surface area contributed by atoms with Gasteiger partial charge < -0.3 is 15.0 Å². The average Bonchev–Trinajstić information content (AvgIpc) is 2.64. The van der Waals surface area contributed by atoms with Crippen LogP contribution in [0.5, 0.6) is 0 Å². The number of hydrogen-bond donors (Lipinski definition) is 2. The van der Waals surface area contributed by atoms with Crippen LogP contribution in [-0.2, 0) is 6.42 Å². The monoisotopic (exact) mass is 206 g/mol. The number of nitrogens with one attached hydrogen (secondary N) is 1. The maximum atomic E-state index is 8.87. The first kappa shape index (κ1) is 9.92. The zero-order valence-electron chi connectivity index (χ0n) is 8.86. The van der Waals surface area contributed by atoms with Crippen LogP contribution in [0, 0.1) is 0 Å². The minimum absolute atomic E-state index is 0.0685. The predicted octanol–water partition coefficient (Wildman–Crippen LogP) is 0.559. The van der Waals surface area contributed by atoms with Gasteiger partial charge in [-0.05, 0) is 6.07 Å². The van der Waals surface area contributed by atoms with Crippen molar-refractivity contribution in [1.29, 1.82) is 0 Å². The van der Waals surface area contributed by atoms with Crippen molar-refractivity contribution in [1.82, 2.24) is 15.0 Å². The van der Waals surface area contributed by atoms with Crippen LogP contribution in [0.1, 0.15) is 5.82 Å². The highest BCUT2D eigenvalue weighted by atomic mass is 16.3. The summed E-state index contributed by atoms with van der Waals surface area (Å²) >= 11 is 0. The molecule has 0 aliphatic rings. The van der Waals surface area contributed by atoms with Gasteiger partial charge in [0.15, 0.2) is 0 Å². The van der Waals surface area contributed by atoms with Crippen LogP contribution in [0.2, 0.25) is 0 Å². The highest BCUT2D eigenvalue weighted by Gasteiger charge is 2.09. The summed E-state index contributed by atoms with van der Waals surface area (Å²) in [4.78, 5) is 13.7. The number of aliphatic hydroxyl groups is 1. The first-order chi connectivity index (χ1) is 7.22. The predicted molar refractivity (Wildman–Crippen MR) is 59.0 cm³/mol. The van der Waals surface area contributed by atoms with E-state index in [0.29, 0.717) is 12.2 Å². The summed E-state index contributed by atoms with van der Waals surface area (Å²) in [6.45, 7) is 0.0685. The molecule has 0 radical (unpaired) electrons. The van der Waals surface area contributed by atoms with E-state index in [1.165, 1.54) is 0 Å². The number of hydrogen-bond acceptors (Lipinski definition) is 4. The van der Waals surface area contributed by atoms with Crippen molar-refractivity contribution in [3.05, 3.63) is 18.1 Å². The standard InChI is InChI=1S/C10H14N4O/c1-14(2)10-7-3-5-11-9(7)12-8(13-10)4-6-15/h3,5,15H,4,6H2,1-2H3,(H,11,12,13). The summed E-state index contributed by atoms with van der Waals surface area (Å²) in [6, 6.07) is 1.95. The fourth-order valence-corrected chi connectivity index (χ4v) is 1.52. The second kappa shape index (κ2) is 3.86. The van der Waals surface area contributed by atoms with Gasteiger partial charge in [0.2, 0.25) is 0 Å². The van der Waals surface area contributed by atoms with Gasteiger partial charge in [-0.1, -0.05) is 0 Å². The molecule has 0 aliphatic carbocycles. The Morgan fingerprint density at radius 3 is 2.87 bits per heavy atom. The summed E-state index contributed by atoms with van der Waals surface area (Å²) in [7, 11) is 3.88. The first-order valence-electron chi connectivity index (χ1n) is 4.84. The lowest BCUT2D eigenvalue weighted by Gasteiger charge is -2.13. The third kappa shape index (κ3) is 1.78. The Bertz CT molecular complexity index is 463. The number of H-pyrrole nitrogens is 1. The Morgan fingerprint density at radius 2 is 2.20 bits per heavy atom. The lowest BCUT2D eigenvalue weighted by atomic mass is 10.3. The minimum Gasteiger partial charge on any atom is -0.396 e. The van der Waals surface area contributed by atoms with Crippen LogP contribution in [-0.4, -0.2) is 40.8 Å². The zero-order valence-corrected chi connectivity index (χ0v) is 8.86. The molecule has 0 bridgehead atoms. The summed E-state index contributed by atoms with van der Waals surface area (Å²) in [5.74, 6) is 1.54. The molecule has 0 saturated heterocycles. The van der Waals surface area contributed by atoms with Gasteiger partial charge in [0, 0.05) is 26.7 Å². The van der Waals surface area contributed by atoms with Crippen molar-refractivity contribution in [3.63, 3.8) is 0 Å². The first-order valence-corrected chi connectivity index (χ1v) is 4.84. The molecule has 80 valence electrons. The van der Waals surface area contributed by atoms with Gasteiger partial charge in [-0.3, -0.25) is 0 Å². The van der Waals surface area contributed by atoms with E-state index in [1.807, 2.05) is 31.3 Å². The van der Waals surface area contributed by atoms with Crippen molar-refractivity contribution in [3.8, 4) is 0 Å². The Balaban J connectivity index is 2.58. The zero-order chi connectivity index (χ0) is 10.8. The van der Waals surface area contributed by atoms with Gasteiger partial charge in [-0.15, -0.1) is 0 Å². The van der Waals surface area contributed by atoms with E-state index in [9.17, 15) is 0 Å². The number of aliphatic hydroxyl groups excluding tert-OH is 1. The van der Waals surface area contributed by atoms with Gasteiger partial charge >= 0.3 is 0 Å². The molecule has 0 aliphatic heterocycles. The minimum atomic E-state index is 0.0685. The van der Waals surface area contributed by atoms with Crippen molar-refractivity contribution >= 4 is 16.9 Å². The molecule has 5 nitrogen and oxygen atoms in total. The Hall–Kier alpha value is -1.62. The quantitative estimate of drug-likeness (QED) is 0.770. The van der Waals surface area contributed by atoms with E-state index in [2.05, 4.69) is 15.0 Å². The number of nitrogens with zero attached hydrogens (tertiary/aromatic N) is 3. The highest BCUT2D eigenvalue weighted by Crippen LogP contribution is 2.21. The normalized spacial score (nSPS) is 10.9. The topological polar surface area (TPSA) is 65.0 Å². The highest BCUT2D eigenvalue weighted by molar-refractivity contribution is 5.87. The van der Waals surface area contributed by atoms with Gasteiger partial charge in [0.25, 0.3) is 0 Å². The number of anilines is 1. The molecule has 2 aromatic heterocycles. The molecule has 2 heterocycles. The van der Waals surface area contributed by atoms with E-state index in [-0.39, 0.29) is 6.61 Å². The smallest absolute Gasteiger partial charge is 0.143 e.